The van der Waals surface area contributed by atoms with Gasteiger partial charge < -0.3 is 9.64 Å². The molecule has 0 aromatic heterocycles. The highest BCUT2D eigenvalue weighted by atomic mass is 16.5. The molecule has 0 N–H and O–H groups in total. The molecular weight excluding hydrogens is 348 g/mol. The van der Waals surface area contributed by atoms with E-state index in [1.807, 2.05) is 4.90 Å². The number of ether oxygens (including phenoxy) is 1. The molecule has 150 valence electrons. The first kappa shape index (κ1) is 19.4. The Bertz CT molecular complexity index is 798. The number of rotatable bonds is 5. The minimum Gasteiger partial charge on any atom is -0.376 e. The second-order valence-corrected chi connectivity index (χ2v) is 8.23. The first-order chi connectivity index (χ1) is 13.7. The summed E-state index contributed by atoms with van der Waals surface area (Å²) in [5.74, 6) is 0.200. The van der Waals surface area contributed by atoms with Crippen LogP contribution >= 0.6 is 0 Å². The number of hydrogen-bond donors (Lipinski definition) is 0. The molecule has 28 heavy (non-hydrogen) atoms. The highest BCUT2D eigenvalue weighted by molar-refractivity contribution is 5.82. The van der Waals surface area contributed by atoms with Gasteiger partial charge in [0.05, 0.1) is 12.7 Å². The molecule has 1 aliphatic heterocycles. The van der Waals surface area contributed by atoms with Gasteiger partial charge in [-0.05, 0) is 35.6 Å². The first-order valence-corrected chi connectivity index (χ1v) is 10.8. The molecule has 1 heterocycles. The zero-order valence-corrected chi connectivity index (χ0v) is 17.0. The Morgan fingerprint density at radius 1 is 1.00 bits per heavy atom. The maximum absolute atomic E-state index is 11.6. The zero-order chi connectivity index (χ0) is 19.3. The van der Waals surface area contributed by atoms with Gasteiger partial charge in [-0.25, -0.2) is 0 Å². The molecule has 2 aromatic carbocycles. The molecule has 0 spiro atoms. The predicted octanol–water partition coefficient (Wildman–Crippen LogP) is 3.87. The van der Waals surface area contributed by atoms with Crippen molar-refractivity contribution >= 4 is 16.7 Å². The lowest BCUT2D eigenvalue weighted by molar-refractivity contribution is -0.131. The first-order valence-electron chi connectivity index (χ1n) is 10.8. The SMILES string of the molecule is CC(=O)N1CCN(C2CCCC[C@@H]2OCCc2ccc3ccccc3c2)CC1. The van der Waals surface area contributed by atoms with Crippen molar-refractivity contribution in [2.75, 3.05) is 32.8 Å². The molecule has 4 nitrogen and oxygen atoms in total. The Morgan fingerprint density at radius 2 is 1.75 bits per heavy atom. The van der Waals surface area contributed by atoms with E-state index in [9.17, 15) is 4.79 Å². The third-order valence-corrected chi connectivity index (χ3v) is 6.43. The van der Waals surface area contributed by atoms with Crippen molar-refractivity contribution in [3.8, 4) is 0 Å². The second-order valence-electron chi connectivity index (χ2n) is 8.23. The Kier molecular flexibility index (Phi) is 6.28. The molecule has 0 radical (unpaired) electrons. The van der Waals surface area contributed by atoms with Crippen LogP contribution in [-0.4, -0.2) is 60.6 Å². The van der Waals surface area contributed by atoms with Crippen LogP contribution in [0.4, 0.5) is 0 Å². The van der Waals surface area contributed by atoms with Crippen LogP contribution in [0, 0.1) is 0 Å². The molecule has 2 fully saturated rings. The van der Waals surface area contributed by atoms with E-state index < -0.39 is 0 Å². The minimum absolute atomic E-state index is 0.200. The van der Waals surface area contributed by atoms with Crippen molar-refractivity contribution in [3.63, 3.8) is 0 Å². The monoisotopic (exact) mass is 380 g/mol. The van der Waals surface area contributed by atoms with Gasteiger partial charge in [0.15, 0.2) is 0 Å². The van der Waals surface area contributed by atoms with Gasteiger partial charge in [0.1, 0.15) is 0 Å². The van der Waals surface area contributed by atoms with Crippen molar-refractivity contribution in [2.24, 2.45) is 0 Å². The van der Waals surface area contributed by atoms with Crippen LogP contribution in [0.2, 0.25) is 0 Å². The summed E-state index contributed by atoms with van der Waals surface area (Å²) >= 11 is 0. The quantitative estimate of drug-likeness (QED) is 0.789. The molecule has 4 rings (SSSR count). The van der Waals surface area contributed by atoms with Gasteiger partial charge in [-0.15, -0.1) is 0 Å². The number of piperazine rings is 1. The number of amides is 1. The van der Waals surface area contributed by atoms with E-state index in [2.05, 4.69) is 47.4 Å². The average Bonchev–Trinajstić information content (AvgIpc) is 2.74. The van der Waals surface area contributed by atoms with Crippen LogP contribution in [0.1, 0.15) is 38.2 Å². The van der Waals surface area contributed by atoms with Crippen LogP contribution in [0.3, 0.4) is 0 Å². The maximum Gasteiger partial charge on any atom is 0.219 e. The normalized spacial score (nSPS) is 23.8. The largest absolute Gasteiger partial charge is 0.376 e. The third kappa shape index (κ3) is 4.56. The van der Waals surface area contributed by atoms with Crippen molar-refractivity contribution in [2.45, 2.75) is 51.2 Å². The van der Waals surface area contributed by atoms with Crippen molar-refractivity contribution in [1.82, 2.24) is 9.80 Å². The second kappa shape index (κ2) is 9.06. The lowest BCUT2D eigenvalue weighted by atomic mass is 9.90. The van der Waals surface area contributed by atoms with Gasteiger partial charge in [0.25, 0.3) is 0 Å². The molecule has 2 atom stereocenters. The van der Waals surface area contributed by atoms with Gasteiger partial charge in [-0.1, -0.05) is 55.3 Å². The van der Waals surface area contributed by atoms with E-state index in [0.717, 1.165) is 45.6 Å². The van der Waals surface area contributed by atoms with E-state index in [1.165, 1.54) is 35.6 Å². The Hall–Kier alpha value is -1.91. The molecule has 1 saturated heterocycles. The average molecular weight is 381 g/mol. The van der Waals surface area contributed by atoms with Gasteiger partial charge in [0, 0.05) is 39.1 Å². The molecule has 2 aromatic rings. The van der Waals surface area contributed by atoms with Crippen molar-refractivity contribution in [1.29, 1.82) is 0 Å². The molecule has 1 amide bonds. The van der Waals surface area contributed by atoms with E-state index in [-0.39, 0.29) is 5.91 Å². The number of carbonyl (C=O) groups is 1. The summed E-state index contributed by atoms with van der Waals surface area (Å²) in [7, 11) is 0. The van der Waals surface area contributed by atoms with Gasteiger partial charge >= 0.3 is 0 Å². The van der Waals surface area contributed by atoms with E-state index >= 15 is 0 Å². The van der Waals surface area contributed by atoms with Crippen LogP contribution in [0.15, 0.2) is 42.5 Å². The third-order valence-electron chi connectivity index (χ3n) is 6.43. The zero-order valence-electron chi connectivity index (χ0n) is 17.0. The van der Waals surface area contributed by atoms with Gasteiger partial charge in [-0.3, -0.25) is 9.69 Å². The molecule has 4 heteroatoms. The highest BCUT2D eigenvalue weighted by Gasteiger charge is 2.33. The van der Waals surface area contributed by atoms with Crippen LogP contribution in [-0.2, 0) is 16.0 Å². The topological polar surface area (TPSA) is 32.8 Å². The summed E-state index contributed by atoms with van der Waals surface area (Å²) in [5, 5.41) is 2.60. The molecule has 2 aliphatic rings. The number of nitrogens with zero attached hydrogens (tertiary/aromatic N) is 2. The molecule has 1 saturated carbocycles. The Balaban J connectivity index is 1.31. The van der Waals surface area contributed by atoms with Gasteiger partial charge in [-0.2, -0.15) is 0 Å². The Labute approximate surface area is 168 Å². The number of benzene rings is 2. The summed E-state index contributed by atoms with van der Waals surface area (Å²) in [6.07, 6.45) is 6.24. The highest BCUT2D eigenvalue weighted by Crippen LogP contribution is 2.27. The fourth-order valence-electron chi connectivity index (χ4n) is 4.78. The summed E-state index contributed by atoms with van der Waals surface area (Å²) in [4.78, 5) is 16.1. The van der Waals surface area contributed by atoms with E-state index in [1.54, 1.807) is 6.92 Å². The van der Waals surface area contributed by atoms with E-state index in [0.29, 0.717) is 12.1 Å². The van der Waals surface area contributed by atoms with Crippen LogP contribution in [0.25, 0.3) is 10.8 Å². The lowest BCUT2D eigenvalue weighted by Crippen LogP contribution is -2.55. The van der Waals surface area contributed by atoms with Crippen LogP contribution < -0.4 is 0 Å². The molecule has 1 unspecified atom stereocenters. The molecule has 0 bridgehead atoms. The minimum atomic E-state index is 0.200. The summed E-state index contributed by atoms with van der Waals surface area (Å²) in [5.41, 5.74) is 1.35. The number of carbonyl (C=O) groups excluding carboxylic acids is 1. The predicted molar refractivity (Wildman–Crippen MR) is 113 cm³/mol. The summed E-state index contributed by atoms with van der Waals surface area (Å²) in [6, 6.07) is 15.8. The van der Waals surface area contributed by atoms with Gasteiger partial charge in [0.2, 0.25) is 5.91 Å². The maximum atomic E-state index is 11.6. The fraction of sp³-hybridized carbons (Fsp3) is 0.542. The molecule has 1 aliphatic carbocycles. The van der Waals surface area contributed by atoms with E-state index in [4.69, 9.17) is 4.74 Å². The summed E-state index contributed by atoms with van der Waals surface area (Å²) in [6.45, 7) is 6.14. The Morgan fingerprint density at radius 3 is 2.54 bits per heavy atom. The number of hydrogen-bond acceptors (Lipinski definition) is 3. The fourth-order valence-corrected chi connectivity index (χ4v) is 4.78. The molecular formula is C24H32N2O2. The van der Waals surface area contributed by atoms with Crippen molar-refractivity contribution < 1.29 is 9.53 Å². The smallest absolute Gasteiger partial charge is 0.219 e. The number of fused-ring (bicyclic) bond motifs is 1. The summed E-state index contributed by atoms with van der Waals surface area (Å²) < 4.78 is 6.42. The standard InChI is InChI=1S/C24H32N2O2/c1-19(27)25-13-15-26(16-14-25)23-8-4-5-9-24(23)28-17-12-20-10-11-21-6-2-3-7-22(21)18-20/h2-3,6-7,10-11,18,23-24H,4-5,8-9,12-17H2,1H3/t23?,24-/m0/s1. The van der Waals surface area contributed by atoms with Crippen LogP contribution in [0.5, 0.6) is 0 Å². The lowest BCUT2D eigenvalue weighted by Gasteiger charge is -2.43. The van der Waals surface area contributed by atoms with Crippen molar-refractivity contribution in [3.05, 3.63) is 48.0 Å².